The molecule has 24 heavy (non-hydrogen) atoms. The van der Waals surface area contributed by atoms with E-state index >= 15 is 0 Å². The third-order valence-electron chi connectivity index (χ3n) is 4.13. The molecule has 0 fully saturated rings. The Morgan fingerprint density at radius 2 is 2.33 bits per heavy atom. The third kappa shape index (κ3) is 3.91. The second-order valence-electron chi connectivity index (χ2n) is 5.79. The van der Waals surface area contributed by atoms with Gasteiger partial charge in [0, 0.05) is 26.6 Å². The van der Waals surface area contributed by atoms with Crippen molar-refractivity contribution in [1.29, 1.82) is 0 Å². The summed E-state index contributed by atoms with van der Waals surface area (Å²) in [5.74, 6) is 1.60. The van der Waals surface area contributed by atoms with Gasteiger partial charge in [0.15, 0.2) is 0 Å². The zero-order valence-corrected chi connectivity index (χ0v) is 13.8. The number of aromatic nitrogens is 3. The lowest BCUT2D eigenvalue weighted by Gasteiger charge is -2.24. The number of nitrogens with one attached hydrogen (secondary N) is 1. The number of nitrogens with zero attached hydrogens (tertiary/aromatic N) is 3. The molecule has 1 aliphatic rings. The molecule has 1 N–H and O–H groups in total. The average molecular weight is 330 g/mol. The van der Waals surface area contributed by atoms with Crippen LogP contribution in [0.3, 0.4) is 0 Å². The summed E-state index contributed by atoms with van der Waals surface area (Å²) in [5.41, 5.74) is 1.09. The molecule has 2 aromatic rings. The average Bonchev–Trinajstić information content (AvgIpc) is 3.06. The van der Waals surface area contributed by atoms with E-state index in [0.29, 0.717) is 39.1 Å². The maximum atomic E-state index is 12.3. The van der Waals surface area contributed by atoms with Crippen LogP contribution in [0.25, 0.3) is 0 Å². The van der Waals surface area contributed by atoms with Crippen molar-refractivity contribution >= 4 is 5.91 Å². The quantitative estimate of drug-likeness (QED) is 0.814. The van der Waals surface area contributed by atoms with E-state index in [-0.39, 0.29) is 11.8 Å². The van der Waals surface area contributed by atoms with Gasteiger partial charge in [-0.3, -0.25) is 4.79 Å². The minimum absolute atomic E-state index is 0.0208. The summed E-state index contributed by atoms with van der Waals surface area (Å²) >= 11 is 0. The van der Waals surface area contributed by atoms with Crippen LogP contribution in [0.15, 0.2) is 30.6 Å². The fraction of sp³-hybridized carbons (Fsp3) is 0.471. The van der Waals surface area contributed by atoms with Crippen LogP contribution >= 0.6 is 0 Å². The number of ether oxygens (including phenoxy) is 2. The number of rotatable bonds is 7. The summed E-state index contributed by atoms with van der Waals surface area (Å²) in [4.78, 5) is 12.3. The number of carbonyl (C=O) groups is 1. The van der Waals surface area contributed by atoms with Crippen LogP contribution in [0.2, 0.25) is 0 Å². The molecule has 0 saturated carbocycles. The van der Waals surface area contributed by atoms with Crippen molar-refractivity contribution in [1.82, 2.24) is 20.1 Å². The van der Waals surface area contributed by atoms with Crippen LogP contribution in [-0.4, -0.2) is 47.5 Å². The molecule has 0 bridgehead atoms. The van der Waals surface area contributed by atoms with Crippen molar-refractivity contribution in [3.05, 3.63) is 42.0 Å². The van der Waals surface area contributed by atoms with Gasteiger partial charge >= 0.3 is 0 Å². The SMILES string of the molecule is COCCn1cnnc1CCNC(=O)[C@@H]1COc2ccccc2C1. The van der Waals surface area contributed by atoms with Crippen molar-refractivity contribution in [2.75, 3.05) is 26.9 Å². The smallest absolute Gasteiger partial charge is 0.226 e. The van der Waals surface area contributed by atoms with Crippen molar-refractivity contribution in [3.8, 4) is 5.75 Å². The molecule has 1 aromatic heterocycles. The first-order valence-corrected chi connectivity index (χ1v) is 8.12. The molecular formula is C17H22N4O3. The van der Waals surface area contributed by atoms with Gasteiger partial charge in [-0.15, -0.1) is 10.2 Å². The summed E-state index contributed by atoms with van der Waals surface area (Å²) in [5, 5.41) is 11.0. The molecule has 7 nitrogen and oxygen atoms in total. The molecule has 3 rings (SSSR count). The van der Waals surface area contributed by atoms with Gasteiger partial charge in [-0.1, -0.05) is 18.2 Å². The fourth-order valence-electron chi connectivity index (χ4n) is 2.79. The topological polar surface area (TPSA) is 78.3 Å². The number of hydrogen-bond acceptors (Lipinski definition) is 5. The second-order valence-corrected chi connectivity index (χ2v) is 5.79. The Kier molecular flexibility index (Phi) is 5.43. The highest BCUT2D eigenvalue weighted by atomic mass is 16.5. The zero-order chi connectivity index (χ0) is 16.8. The Hall–Kier alpha value is -2.41. The number of hydrogen-bond donors (Lipinski definition) is 1. The molecule has 0 saturated heterocycles. The Bertz CT molecular complexity index is 686. The summed E-state index contributed by atoms with van der Waals surface area (Å²) in [6.45, 7) is 2.27. The molecule has 1 aliphatic heterocycles. The Balaban J connectivity index is 1.47. The van der Waals surface area contributed by atoms with Gasteiger partial charge in [0.05, 0.1) is 12.5 Å². The summed E-state index contributed by atoms with van der Waals surface area (Å²) < 4.78 is 12.7. The highest BCUT2D eigenvalue weighted by Gasteiger charge is 2.25. The molecule has 7 heteroatoms. The number of amides is 1. The normalized spacial score (nSPS) is 16.3. The highest BCUT2D eigenvalue weighted by molar-refractivity contribution is 5.79. The summed E-state index contributed by atoms with van der Waals surface area (Å²) in [6.07, 6.45) is 3.04. The zero-order valence-electron chi connectivity index (χ0n) is 13.8. The number of carbonyl (C=O) groups excluding carboxylic acids is 1. The Morgan fingerprint density at radius 1 is 1.46 bits per heavy atom. The van der Waals surface area contributed by atoms with Crippen LogP contribution in [0.4, 0.5) is 0 Å². The van der Waals surface area contributed by atoms with Gasteiger partial charge < -0.3 is 19.4 Å². The fourth-order valence-corrected chi connectivity index (χ4v) is 2.79. The van der Waals surface area contributed by atoms with E-state index in [2.05, 4.69) is 15.5 Å². The van der Waals surface area contributed by atoms with Crippen molar-refractivity contribution < 1.29 is 14.3 Å². The first kappa shape index (κ1) is 16.4. The number of fused-ring (bicyclic) bond motifs is 1. The van der Waals surface area contributed by atoms with Gasteiger partial charge in [0.1, 0.15) is 24.5 Å². The lowest BCUT2D eigenvalue weighted by atomic mass is 9.96. The molecule has 0 unspecified atom stereocenters. The van der Waals surface area contributed by atoms with Crippen molar-refractivity contribution in [3.63, 3.8) is 0 Å². The van der Waals surface area contributed by atoms with Gasteiger partial charge in [0.25, 0.3) is 0 Å². The van der Waals surface area contributed by atoms with Gasteiger partial charge in [-0.05, 0) is 18.1 Å². The monoisotopic (exact) mass is 330 g/mol. The minimum atomic E-state index is -0.147. The molecule has 128 valence electrons. The number of methoxy groups -OCH3 is 1. The van der Waals surface area contributed by atoms with Gasteiger partial charge in [-0.2, -0.15) is 0 Å². The van der Waals surface area contributed by atoms with Crippen LogP contribution in [-0.2, 0) is 28.9 Å². The second kappa shape index (κ2) is 7.92. The van der Waals surface area contributed by atoms with Crippen molar-refractivity contribution in [2.24, 2.45) is 5.92 Å². The maximum absolute atomic E-state index is 12.3. The predicted molar refractivity (Wildman–Crippen MR) is 87.7 cm³/mol. The van der Waals surface area contributed by atoms with E-state index in [1.54, 1.807) is 13.4 Å². The Morgan fingerprint density at radius 3 is 3.21 bits per heavy atom. The van der Waals surface area contributed by atoms with E-state index in [9.17, 15) is 4.79 Å². The van der Waals surface area contributed by atoms with E-state index < -0.39 is 0 Å². The number of benzene rings is 1. The summed E-state index contributed by atoms with van der Waals surface area (Å²) in [6, 6.07) is 7.86. The standard InChI is InChI=1S/C17H22N4O3/c1-23-9-8-21-12-19-20-16(21)6-7-18-17(22)14-10-13-4-2-3-5-15(13)24-11-14/h2-5,12,14H,6-11H2,1H3,(H,18,22)/t14-/m0/s1. The maximum Gasteiger partial charge on any atom is 0.226 e. The molecular weight excluding hydrogens is 308 g/mol. The molecule has 1 aromatic carbocycles. The molecule has 2 heterocycles. The van der Waals surface area contributed by atoms with E-state index in [1.807, 2.05) is 28.8 Å². The third-order valence-corrected chi connectivity index (χ3v) is 4.13. The molecule has 1 atom stereocenters. The summed E-state index contributed by atoms with van der Waals surface area (Å²) in [7, 11) is 1.66. The number of para-hydroxylation sites is 1. The van der Waals surface area contributed by atoms with E-state index in [1.165, 1.54) is 0 Å². The molecule has 1 amide bonds. The van der Waals surface area contributed by atoms with Gasteiger partial charge in [0.2, 0.25) is 5.91 Å². The van der Waals surface area contributed by atoms with Crippen LogP contribution in [0, 0.1) is 5.92 Å². The lowest BCUT2D eigenvalue weighted by molar-refractivity contribution is -0.126. The van der Waals surface area contributed by atoms with E-state index in [4.69, 9.17) is 9.47 Å². The van der Waals surface area contributed by atoms with E-state index in [0.717, 1.165) is 17.1 Å². The molecule has 0 aliphatic carbocycles. The first-order chi connectivity index (χ1) is 11.8. The van der Waals surface area contributed by atoms with Crippen LogP contribution in [0.5, 0.6) is 5.75 Å². The predicted octanol–water partition coefficient (Wildman–Crippen LogP) is 0.835. The van der Waals surface area contributed by atoms with Crippen molar-refractivity contribution in [2.45, 2.75) is 19.4 Å². The first-order valence-electron chi connectivity index (χ1n) is 8.12. The minimum Gasteiger partial charge on any atom is -0.492 e. The largest absolute Gasteiger partial charge is 0.492 e. The lowest BCUT2D eigenvalue weighted by Crippen LogP contribution is -2.38. The highest BCUT2D eigenvalue weighted by Crippen LogP contribution is 2.26. The molecule has 0 spiro atoms. The van der Waals surface area contributed by atoms with Crippen LogP contribution < -0.4 is 10.1 Å². The Labute approximate surface area is 141 Å². The van der Waals surface area contributed by atoms with Gasteiger partial charge in [-0.25, -0.2) is 0 Å². The molecule has 0 radical (unpaired) electrons. The van der Waals surface area contributed by atoms with Crippen LogP contribution in [0.1, 0.15) is 11.4 Å².